The Hall–Kier alpha value is -0.570. The van der Waals surface area contributed by atoms with Crippen molar-refractivity contribution in [2.24, 2.45) is 17.8 Å². The lowest BCUT2D eigenvalue weighted by atomic mass is 9.81. The maximum absolute atomic E-state index is 10.9. The Labute approximate surface area is 104 Å². The van der Waals surface area contributed by atoms with Gasteiger partial charge in [0.15, 0.2) is 0 Å². The Morgan fingerprint density at radius 1 is 1.06 bits per heavy atom. The molecule has 0 aromatic rings. The van der Waals surface area contributed by atoms with Gasteiger partial charge in [-0.3, -0.25) is 4.79 Å². The highest BCUT2D eigenvalue weighted by Gasteiger charge is 2.27. The second kappa shape index (κ2) is 5.85. The lowest BCUT2D eigenvalue weighted by Crippen LogP contribution is -2.34. The molecule has 0 heterocycles. The van der Waals surface area contributed by atoms with E-state index in [2.05, 4.69) is 11.9 Å². The standard InChI is InChI=1S/C14H25NO2/c1-15(9-11-3-2-4-11)10-12-5-7-13(8-6-12)14(16)17/h11-13H,2-10H2,1H3,(H,16,17). The molecule has 3 nitrogen and oxygen atoms in total. The van der Waals surface area contributed by atoms with Gasteiger partial charge in [-0.05, 0) is 57.4 Å². The first-order chi connectivity index (χ1) is 8.15. The Kier molecular flexibility index (Phi) is 4.43. The van der Waals surface area contributed by atoms with Gasteiger partial charge < -0.3 is 10.0 Å². The number of hydrogen-bond donors (Lipinski definition) is 1. The van der Waals surface area contributed by atoms with E-state index in [1.165, 1.54) is 32.4 Å². The fourth-order valence-electron chi connectivity index (χ4n) is 3.22. The summed E-state index contributed by atoms with van der Waals surface area (Å²) >= 11 is 0. The van der Waals surface area contributed by atoms with Crippen molar-refractivity contribution >= 4 is 5.97 Å². The van der Waals surface area contributed by atoms with Crippen LogP contribution in [0.1, 0.15) is 44.9 Å². The second-order valence-corrected chi connectivity index (χ2v) is 6.07. The number of hydrogen-bond acceptors (Lipinski definition) is 2. The van der Waals surface area contributed by atoms with Crippen molar-refractivity contribution in [1.29, 1.82) is 0 Å². The number of nitrogens with zero attached hydrogens (tertiary/aromatic N) is 1. The fourth-order valence-corrected chi connectivity index (χ4v) is 3.22. The Balaban J connectivity index is 1.64. The zero-order valence-electron chi connectivity index (χ0n) is 10.9. The topological polar surface area (TPSA) is 40.5 Å². The summed E-state index contributed by atoms with van der Waals surface area (Å²) in [5, 5.41) is 8.95. The van der Waals surface area contributed by atoms with Crippen LogP contribution in [0, 0.1) is 17.8 Å². The van der Waals surface area contributed by atoms with Crippen LogP contribution in [-0.2, 0) is 4.79 Å². The summed E-state index contributed by atoms with van der Waals surface area (Å²) in [5.41, 5.74) is 0. The van der Waals surface area contributed by atoms with Crippen LogP contribution in [0.5, 0.6) is 0 Å². The van der Waals surface area contributed by atoms with Crippen LogP contribution in [0.2, 0.25) is 0 Å². The maximum Gasteiger partial charge on any atom is 0.306 e. The zero-order chi connectivity index (χ0) is 12.3. The fraction of sp³-hybridized carbons (Fsp3) is 0.929. The van der Waals surface area contributed by atoms with Gasteiger partial charge in [-0.1, -0.05) is 6.42 Å². The van der Waals surface area contributed by atoms with Gasteiger partial charge in [-0.15, -0.1) is 0 Å². The summed E-state index contributed by atoms with van der Waals surface area (Å²) in [6, 6.07) is 0. The normalized spacial score (nSPS) is 30.2. The van der Waals surface area contributed by atoms with Crippen molar-refractivity contribution in [3.63, 3.8) is 0 Å². The number of carbonyl (C=O) groups is 1. The summed E-state index contributed by atoms with van der Waals surface area (Å²) in [6.45, 7) is 2.42. The third kappa shape index (κ3) is 3.70. The predicted molar refractivity (Wildman–Crippen MR) is 67.9 cm³/mol. The molecular formula is C14H25NO2. The average molecular weight is 239 g/mol. The molecule has 0 saturated heterocycles. The van der Waals surface area contributed by atoms with E-state index in [0.717, 1.165) is 37.5 Å². The van der Waals surface area contributed by atoms with Crippen LogP contribution in [0.25, 0.3) is 0 Å². The second-order valence-electron chi connectivity index (χ2n) is 6.07. The molecule has 0 atom stereocenters. The van der Waals surface area contributed by atoms with E-state index in [0.29, 0.717) is 0 Å². The summed E-state index contributed by atoms with van der Waals surface area (Å²) in [4.78, 5) is 13.3. The summed E-state index contributed by atoms with van der Waals surface area (Å²) in [6.07, 6.45) is 8.22. The Morgan fingerprint density at radius 3 is 2.00 bits per heavy atom. The van der Waals surface area contributed by atoms with Gasteiger partial charge in [0.25, 0.3) is 0 Å². The van der Waals surface area contributed by atoms with E-state index >= 15 is 0 Å². The van der Waals surface area contributed by atoms with Crippen LogP contribution < -0.4 is 0 Å². The van der Waals surface area contributed by atoms with E-state index in [9.17, 15) is 4.79 Å². The molecule has 2 aliphatic rings. The molecule has 2 rings (SSSR count). The average Bonchev–Trinajstić information content (AvgIpc) is 2.24. The molecule has 0 amide bonds. The molecule has 3 heteroatoms. The third-order valence-corrected chi connectivity index (χ3v) is 4.56. The smallest absolute Gasteiger partial charge is 0.306 e. The molecule has 0 bridgehead atoms. The number of rotatable bonds is 5. The first-order valence-corrected chi connectivity index (χ1v) is 7.06. The minimum Gasteiger partial charge on any atom is -0.481 e. The minimum absolute atomic E-state index is 0.0665. The van der Waals surface area contributed by atoms with Crippen LogP contribution in [0.4, 0.5) is 0 Å². The molecule has 0 unspecified atom stereocenters. The monoisotopic (exact) mass is 239 g/mol. The van der Waals surface area contributed by atoms with Crippen molar-refractivity contribution < 1.29 is 9.90 Å². The molecule has 2 aliphatic carbocycles. The van der Waals surface area contributed by atoms with Crippen molar-refractivity contribution in [2.75, 3.05) is 20.1 Å². The van der Waals surface area contributed by atoms with E-state index in [-0.39, 0.29) is 5.92 Å². The SMILES string of the molecule is CN(CC1CCC1)CC1CCC(C(=O)O)CC1. The quantitative estimate of drug-likeness (QED) is 0.801. The van der Waals surface area contributed by atoms with Gasteiger partial charge in [-0.25, -0.2) is 0 Å². The molecule has 2 saturated carbocycles. The molecule has 0 radical (unpaired) electrons. The molecule has 98 valence electrons. The lowest BCUT2D eigenvalue weighted by Gasteiger charge is -2.34. The lowest BCUT2D eigenvalue weighted by molar-refractivity contribution is -0.143. The summed E-state index contributed by atoms with van der Waals surface area (Å²) < 4.78 is 0. The molecular weight excluding hydrogens is 214 g/mol. The molecule has 0 aliphatic heterocycles. The molecule has 0 aromatic heterocycles. The molecule has 2 fully saturated rings. The van der Waals surface area contributed by atoms with Gasteiger partial charge in [0.05, 0.1) is 5.92 Å². The number of carboxylic acid groups (broad SMARTS) is 1. The van der Waals surface area contributed by atoms with Crippen LogP contribution in [0.15, 0.2) is 0 Å². The molecule has 0 aromatic carbocycles. The van der Waals surface area contributed by atoms with Gasteiger partial charge in [0.1, 0.15) is 0 Å². The van der Waals surface area contributed by atoms with Crippen LogP contribution in [-0.4, -0.2) is 36.1 Å². The largest absolute Gasteiger partial charge is 0.481 e. The van der Waals surface area contributed by atoms with Crippen molar-refractivity contribution in [1.82, 2.24) is 4.90 Å². The highest BCUT2D eigenvalue weighted by atomic mass is 16.4. The molecule has 17 heavy (non-hydrogen) atoms. The minimum atomic E-state index is -0.591. The summed E-state index contributed by atoms with van der Waals surface area (Å²) in [7, 11) is 2.22. The van der Waals surface area contributed by atoms with E-state index < -0.39 is 5.97 Å². The van der Waals surface area contributed by atoms with Gasteiger partial charge in [0.2, 0.25) is 0 Å². The van der Waals surface area contributed by atoms with Crippen LogP contribution >= 0.6 is 0 Å². The molecule has 1 N–H and O–H groups in total. The number of carboxylic acids is 1. The third-order valence-electron chi connectivity index (χ3n) is 4.56. The van der Waals surface area contributed by atoms with Crippen LogP contribution in [0.3, 0.4) is 0 Å². The van der Waals surface area contributed by atoms with E-state index in [1.807, 2.05) is 0 Å². The highest BCUT2D eigenvalue weighted by Crippen LogP contribution is 2.31. The van der Waals surface area contributed by atoms with Crippen molar-refractivity contribution in [3.05, 3.63) is 0 Å². The first kappa shape index (κ1) is 12.9. The zero-order valence-corrected chi connectivity index (χ0v) is 10.9. The van der Waals surface area contributed by atoms with Crippen molar-refractivity contribution in [3.8, 4) is 0 Å². The van der Waals surface area contributed by atoms with Gasteiger partial charge in [0, 0.05) is 13.1 Å². The van der Waals surface area contributed by atoms with Gasteiger partial charge in [-0.2, -0.15) is 0 Å². The summed E-state index contributed by atoms with van der Waals surface area (Å²) in [5.74, 6) is 1.01. The first-order valence-electron chi connectivity index (χ1n) is 7.06. The number of aliphatic carboxylic acids is 1. The Bertz CT molecular complexity index is 255. The van der Waals surface area contributed by atoms with E-state index in [1.54, 1.807) is 0 Å². The maximum atomic E-state index is 10.9. The van der Waals surface area contributed by atoms with Gasteiger partial charge >= 0.3 is 5.97 Å². The van der Waals surface area contributed by atoms with Crippen molar-refractivity contribution in [2.45, 2.75) is 44.9 Å². The Morgan fingerprint density at radius 2 is 1.59 bits per heavy atom. The van der Waals surface area contributed by atoms with E-state index in [4.69, 9.17) is 5.11 Å². The predicted octanol–water partition coefficient (Wildman–Crippen LogP) is 2.61. The highest BCUT2D eigenvalue weighted by molar-refractivity contribution is 5.69. The molecule has 0 spiro atoms.